The molecule has 6 heterocycles. The normalized spacial score (nSPS) is 31.4. The van der Waals surface area contributed by atoms with Crippen LogP contribution in [0.2, 0.25) is 5.02 Å². The number of nitrogens with zero attached hydrogens (tertiary/aromatic N) is 6. The standard InChI is InChI=1S/C65H91ClN8O14S/c1-36-26-37(2)28-51(85-8)59-52(86-9)30-40(5)65(84,88-59)60(80)62(82)74-21-11-10-17-47(74)63(83)87-58(39(4)29-43-19-20-48(76)45(31-43)35-75)41(6)49(77)32-50(78)44(27-36)15-13-18-56(79)73-24-22-72(23-25-73)55-33-54(68-42(7)69-55)70-64-67-34-53(89-64)61(81)71-57-38(3)14-12-16-46(57)66/h12,14,16,27,29,33-34,37,40-41,43-45,47-49,51-52,58-59,75-77,84H,10-11,13,15,17-26,28,30-32,35H2,1-9H3,(H,71,81)(H,67,68,69,70)/b36-27+,39-29+/t37-,40+,41+,43-,44+,45-,47-,48+,49-,51-,52-,58+,59+,65+/m0/s1. The van der Waals surface area contributed by atoms with Gasteiger partial charge >= 0.3 is 5.97 Å². The highest BCUT2D eigenvalue weighted by molar-refractivity contribution is 7.17. The van der Waals surface area contributed by atoms with Crippen LogP contribution in [0.3, 0.4) is 0 Å². The summed E-state index contributed by atoms with van der Waals surface area (Å²) < 4.78 is 24.7. The fourth-order valence-electron chi connectivity index (χ4n) is 13.5. The Balaban J connectivity index is 0.980. The van der Waals surface area contributed by atoms with Gasteiger partial charge < -0.3 is 64.7 Å². The largest absolute Gasteiger partial charge is 0.456 e. The van der Waals surface area contributed by atoms with Gasteiger partial charge in [-0.05, 0) is 127 Å². The predicted octanol–water partition coefficient (Wildman–Crippen LogP) is 7.69. The average Bonchev–Trinajstić information content (AvgIpc) is 2.30. The summed E-state index contributed by atoms with van der Waals surface area (Å²) in [6.07, 6.45) is 4.19. The Morgan fingerprint density at radius 3 is 2.36 bits per heavy atom. The zero-order valence-corrected chi connectivity index (χ0v) is 54.4. The Kier molecular flexibility index (Phi) is 24.1. The molecule has 4 fully saturated rings. The molecule has 22 nitrogen and oxygen atoms in total. The van der Waals surface area contributed by atoms with Crippen molar-refractivity contribution in [2.75, 3.05) is 69.1 Å². The number of piperidine rings is 1. The van der Waals surface area contributed by atoms with Crippen LogP contribution in [0.1, 0.15) is 139 Å². The topological polar surface area (TPSA) is 293 Å². The minimum atomic E-state index is -2.58. The van der Waals surface area contributed by atoms with E-state index in [2.05, 4.69) is 25.5 Å². The number of thiazole rings is 1. The second-order valence-electron chi connectivity index (χ2n) is 25.4. The highest BCUT2D eigenvalue weighted by Gasteiger charge is 2.57. The summed E-state index contributed by atoms with van der Waals surface area (Å²) in [5.41, 5.74) is 2.82. The van der Waals surface area contributed by atoms with E-state index in [1.54, 1.807) is 39.8 Å². The highest BCUT2D eigenvalue weighted by Crippen LogP contribution is 2.40. The number of carbonyl (C=O) groups excluding carboxylic acids is 6. The number of amides is 3. The number of anilines is 4. The summed E-state index contributed by atoms with van der Waals surface area (Å²) in [5, 5.41) is 52.1. The number of ether oxygens (including phenoxy) is 4. The third kappa shape index (κ3) is 17.0. The monoisotopic (exact) mass is 1270 g/mol. The van der Waals surface area contributed by atoms with E-state index < -0.39 is 83.9 Å². The summed E-state index contributed by atoms with van der Waals surface area (Å²) in [5.74, 6) is -7.73. The van der Waals surface area contributed by atoms with Crippen LogP contribution in [0.5, 0.6) is 0 Å². The molecule has 2 bridgehead atoms. The fraction of sp³-hybridized carbons (Fsp3) is 0.646. The molecular formula is C65H91ClN8O14S. The second-order valence-corrected chi connectivity index (χ2v) is 26.8. The highest BCUT2D eigenvalue weighted by atomic mass is 35.5. The molecule has 1 aromatic carbocycles. The van der Waals surface area contributed by atoms with E-state index in [0.29, 0.717) is 128 Å². The van der Waals surface area contributed by atoms with Crippen molar-refractivity contribution in [3.8, 4) is 0 Å². The lowest BCUT2D eigenvalue weighted by molar-refractivity contribution is -0.302. The molecule has 2 aromatic heterocycles. The molecule has 0 spiro atoms. The van der Waals surface area contributed by atoms with Crippen molar-refractivity contribution in [1.82, 2.24) is 24.8 Å². The first-order valence-corrected chi connectivity index (χ1v) is 32.7. The number of fused-ring (bicyclic) bond motifs is 3. The first kappa shape index (κ1) is 69.1. The van der Waals surface area contributed by atoms with Gasteiger partial charge in [0.25, 0.3) is 17.6 Å². The molecule has 3 amide bonds. The molecule has 488 valence electrons. The van der Waals surface area contributed by atoms with Crippen molar-refractivity contribution in [1.29, 1.82) is 0 Å². The number of benzene rings is 1. The summed E-state index contributed by atoms with van der Waals surface area (Å²) in [6, 6.07) is 5.97. The summed E-state index contributed by atoms with van der Waals surface area (Å²) in [6.45, 7) is 14.4. The van der Waals surface area contributed by atoms with Gasteiger partial charge in [-0.3, -0.25) is 24.0 Å². The van der Waals surface area contributed by atoms with Crippen LogP contribution in [0.15, 0.2) is 53.8 Å². The quantitative estimate of drug-likeness (QED) is 0.0512. The van der Waals surface area contributed by atoms with Gasteiger partial charge in [0.1, 0.15) is 46.4 Å². The van der Waals surface area contributed by atoms with Crippen molar-refractivity contribution >= 4 is 80.6 Å². The lowest BCUT2D eigenvalue weighted by atomic mass is 9.78. The van der Waals surface area contributed by atoms with Crippen molar-refractivity contribution in [2.24, 2.45) is 35.5 Å². The third-order valence-electron chi connectivity index (χ3n) is 18.7. The number of aliphatic hydroxyl groups is 4. The lowest BCUT2D eigenvalue weighted by Crippen LogP contribution is -2.64. The van der Waals surface area contributed by atoms with Gasteiger partial charge in [-0.1, -0.05) is 73.6 Å². The van der Waals surface area contributed by atoms with E-state index >= 15 is 0 Å². The number of aryl methyl sites for hydroxylation is 2. The van der Waals surface area contributed by atoms with E-state index in [1.165, 1.54) is 31.8 Å². The number of para-hydroxylation sites is 1. The Hall–Kier alpha value is -5.76. The number of Topliss-reactive ketones (excluding diaryl/α,β-unsaturated/α-hetero) is 2. The van der Waals surface area contributed by atoms with Gasteiger partial charge in [-0.25, -0.2) is 19.7 Å². The molecule has 1 aliphatic carbocycles. The number of carbonyl (C=O) groups is 6. The van der Waals surface area contributed by atoms with Crippen molar-refractivity contribution in [2.45, 2.75) is 180 Å². The zero-order valence-electron chi connectivity index (χ0n) is 52.8. The van der Waals surface area contributed by atoms with Crippen LogP contribution >= 0.6 is 22.9 Å². The maximum atomic E-state index is 14.8. The number of hydrogen-bond donors (Lipinski definition) is 6. The minimum Gasteiger partial charge on any atom is -0.456 e. The van der Waals surface area contributed by atoms with Crippen molar-refractivity contribution < 1.29 is 68.1 Å². The Labute approximate surface area is 531 Å². The van der Waals surface area contributed by atoms with Crippen LogP contribution in [-0.2, 0) is 42.9 Å². The number of piperazine rings is 1. The number of halogens is 1. The van der Waals surface area contributed by atoms with Crippen LogP contribution in [0, 0.1) is 49.4 Å². The Morgan fingerprint density at radius 1 is 0.921 bits per heavy atom. The fourth-order valence-corrected chi connectivity index (χ4v) is 14.5. The molecule has 8 rings (SSSR count). The number of cyclic esters (lactones) is 1. The van der Waals surface area contributed by atoms with Crippen LogP contribution < -0.4 is 15.5 Å². The number of esters is 1. The Bertz CT molecular complexity index is 3040. The molecule has 3 aromatic rings. The Morgan fingerprint density at radius 2 is 1.65 bits per heavy atom. The number of aliphatic hydroxyl groups excluding tert-OH is 3. The van der Waals surface area contributed by atoms with Gasteiger partial charge in [0.05, 0.1) is 41.3 Å². The average molecular weight is 1280 g/mol. The van der Waals surface area contributed by atoms with E-state index in [9.17, 15) is 49.2 Å². The number of ketones is 2. The maximum Gasteiger partial charge on any atom is 0.329 e. The molecule has 0 radical (unpaired) electrons. The molecule has 1 saturated carbocycles. The zero-order chi connectivity index (χ0) is 64.4. The maximum absolute atomic E-state index is 14.8. The van der Waals surface area contributed by atoms with E-state index in [0.717, 1.165) is 16.0 Å². The van der Waals surface area contributed by atoms with Gasteiger partial charge in [-0.2, -0.15) is 0 Å². The predicted molar refractivity (Wildman–Crippen MR) is 337 cm³/mol. The molecule has 6 N–H and O–H groups in total. The summed E-state index contributed by atoms with van der Waals surface area (Å²) in [7, 11) is 3.02. The number of nitrogens with one attached hydrogen (secondary N) is 2. The van der Waals surface area contributed by atoms with Crippen molar-refractivity contribution in [3.63, 3.8) is 0 Å². The molecule has 14 atom stereocenters. The van der Waals surface area contributed by atoms with Gasteiger partial charge in [0.15, 0.2) is 5.13 Å². The third-order valence-corrected chi connectivity index (χ3v) is 19.9. The molecule has 89 heavy (non-hydrogen) atoms. The minimum absolute atomic E-state index is 0.0324. The molecule has 3 saturated heterocycles. The molecule has 4 aliphatic heterocycles. The number of hydrogen-bond acceptors (Lipinski definition) is 20. The SMILES string of the molecule is CO[C@H]1C[C@@H](C)C/C(C)=C/[C@@H](CCCC(=O)N2CCN(c3cc(Nc4ncc(C(=O)Nc5c(C)cccc5Cl)s4)nc(C)n3)CC2)C(=O)C[C@H](O)[C@@H](C)[C@@H](/C(C)=C/[C@@H]2CC[C@@H](O)[C@H](CO)C2)OC(=O)[C@@H]2CCCCN2C(=O)C(=O)[C@]2(O)O[C@H]1[C@@H](OC)C[C@H]2C. The number of allylic oxidation sites excluding steroid dienone is 3. The van der Waals surface area contributed by atoms with E-state index in [1.807, 2.05) is 50.0 Å². The van der Waals surface area contributed by atoms with E-state index in [4.69, 9.17) is 35.5 Å². The number of methoxy groups -OCH3 is 2. The lowest BCUT2D eigenvalue weighted by Gasteiger charge is -2.47. The number of rotatable bonds is 14. The van der Waals surface area contributed by atoms with Crippen LogP contribution in [-0.4, -0.2) is 182 Å². The number of aromatic nitrogens is 3. The van der Waals surface area contributed by atoms with Crippen LogP contribution in [0.4, 0.5) is 22.5 Å². The second kappa shape index (κ2) is 31.0. The van der Waals surface area contributed by atoms with Crippen LogP contribution in [0.25, 0.3) is 0 Å². The smallest absolute Gasteiger partial charge is 0.329 e. The molecule has 5 aliphatic rings. The van der Waals surface area contributed by atoms with E-state index in [-0.39, 0.29) is 74.2 Å². The van der Waals surface area contributed by atoms with Gasteiger partial charge in [0, 0.05) is 96.1 Å². The van der Waals surface area contributed by atoms with Crippen molar-refractivity contribution in [3.05, 3.63) is 75.0 Å². The van der Waals surface area contributed by atoms with Gasteiger partial charge in [-0.15, -0.1) is 0 Å². The van der Waals surface area contributed by atoms with Gasteiger partial charge in [0.2, 0.25) is 11.7 Å². The molecule has 0 unspecified atom stereocenters. The summed E-state index contributed by atoms with van der Waals surface area (Å²) in [4.78, 5) is 105. The first-order valence-electron chi connectivity index (χ1n) is 31.5. The first-order chi connectivity index (χ1) is 42.4. The molecular weight excluding hydrogens is 1180 g/mol. The molecule has 24 heteroatoms. The summed E-state index contributed by atoms with van der Waals surface area (Å²) >= 11 is 7.52.